The van der Waals surface area contributed by atoms with E-state index in [1.54, 1.807) is 6.20 Å². The van der Waals surface area contributed by atoms with Crippen LogP contribution in [0.5, 0.6) is 0 Å². The third-order valence-corrected chi connectivity index (χ3v) is 3.18. The Morgan fingerprint density at radius 3 is 3.05 bits per heavy atom. The molecule has 106 valence electrons. The zero-order valence-corrected chi connectivity index (χ0v) is 11.1. The van der Waals surface area contributed by atoms with Crippen molar-refractivity contribution in [3.8, 4) is 0 Å². The van der Waals surface area contributed by atoms with Crippen LogP contribution in [-0.2, 0) is 16.1 Å². The molecule has 0 bridgehead atoms. The Kier molecular flexibility index (Phi) is 4.86. The van der Waals surface area contributed by atoms with E-state index >= 15 is 0 Å². The van der Waals surface area contributed by atoms with Crippen LogP contribution in [0.25, 0.3) is 0 Å². The number of nitrogens with zero attached hydrogens (tertiary/aromatic N) is 3. The Hall–Kier alpha value is -1.47. The van der Waals surface area contributed by atoms with Gasteiger partial charge in [-0.1, -0.05) is 12.1 Å². The van der Waals surface area contributed by atoms with E-state index in [1.807, 2.05) is 6.92 Å². The van der Waals surface area contributed by atoms with Gasteiger partial charge in [-0.25, -0.2) is 4.68 Å². The molecule has 2 rings (SSSR count). The first-order valence-electron chi connectivity index (χ1n) is 6.64. The molecule has 2 N–H and O–H groups in total. The Morgan fingerprint density at radius 2 is 2.37 bits per heavy atom. The highest BCUT2D eigenvalue weighted by molar-refractivity contribution is 5.75. The molecule has 1 fully saturated rings. The van der Waals surface area contributed by atoms with Crippen molar-refractivity contribution in [1.29, 1.82) is 0 Å². The van der Waals surface area contributed by atoms with Gasteiger partial charge in [0.05, 0.1) is 12.3 Å². The molecule has 1 amide bonds. The molecule has 19 heavy (non-hydrogen) atoms. The Balaban J connectivity index is 1.82. The first-order chi connectivity index (χ1) is 9.19. The van der Waals surface area contributed by atoms with Gasteiger partial charge in [0.2, 0.25) is 5.91 Å². The summed E-state index contributed by atoms with van der Waals surface area (Å²) >= 11 is 0. The number of carbonyl (C=O) groups is 1. The predicted octanol–water partition coefficient (Wildman–Crippen LogP) is 0.0167. The third kappa shape index (κ3) is 4.00. The van der Waals surface area contributed by atoms with Crippen molar-refractivity contribution in [2.75, 3.05) is 13.2 Å². The lowest BCUT2D eigenvalue weighted by molar-refractivity contribution is -0.123. The van der Waals surface area contributed by atoms with Gasteiger partial charge in [0, 0.05) is 19.3 Å². The minimum absolute atomic E-state index is 0.0886. The number of aliphatic hydroxyl groups excluding tert-OH is 1. The van der Waals surface area contributed by atoms with Crippen LogP contribution in [0.1, 0.15) is 38.0 Å². The summed E-state index contributed by atoms with van der Waals surface area (Å²) < 4.78 is 6.68. The lowest BCUT2D eigenvalue weighted by Gasteiger charge is -2.22. The number of hydrogen-bond acceptors (Lipinski definition) is 5. The van der Waals surface area contributed by atoms with Crippen molar-refractivity contribution in [2.24, 2.45) is 0 Å². The third-order valence-electron chi connectivity index (χ3n) is 3.18. The number of ether oxygens (including phenoxy) is 1. The van der Waals surface area contributed by atoms with Gasteiger partial charge in [-0.3, -0.25) is 4.79 Å². The van der Waals surface area contributed by atoms with Crippen LogP contribution in [0.3, 0.4) is 0 Å². The van der Waals surface area contributed by atoms with Crippen molar-refractivity contribution in [1.82, 2.24) is 20.3 Å². The highest BCUT2D eigenvalue weighted by atomic mass is 16.5. The first-order valence-corrected chi connectivity index (χ1v) is 6.64. The SMILES string of the molecule is CCC(O)c1cn(CC(=O)NC2CCOCC2)nn1. The molecule has 0 aromatic carbocycles. The van der Waals surface area contributed by atoms with E-state index in [4.69, 9.17) is 4.74 Å². The number of carbonyl (C=O) groups excluding carboxylic acids is 1. The summed E-state index contributed by atoms with van der Waals surface area (Å²) in [6.07, 6.45) is 3.27. The fraction of sp³-hybridized carbons (Fsp3) is 0.750. The van der Waals surface area contributed by atoms with Crippen molar-refractivity contribution < 1.29 is 14.6 Å². The number of aromatic nitrogens is 3. The second-order valence-electron chi connectivity index (χ2n) is 4.72. The molecule has 0 aliphatic carbocycles. The van der Waals surface area contributed by atoms with Crippen molar-refractivity contribution in [3.05, 3.63) is 11.9 Å². The predicted molar refractivity (Wildman–Crippen MR) is 67.3 cm³/mol. The fourth-order valence-corrected chi connectivity index (χ4v) is 2.01. The molecule has 1 aromatic rings. The Bertz CT molecular complexity index is 415. The monoisotopic (exact) mass is 268 g/mol. The zero-order valence-electron chi connectivity index (χ0n) is 11.1. The van der Waals surface area contributed by atoms with Crippen LogP contribution in [-0.4, -0.2) is 45.3 Å². The van der Waals surface area contributed by atoms with Gasteiger partial charge < -0.3 is 15.2 Å². The quantitative estimate of drug-likeness (QED) is 0.785. The van der Waals surface area contributed by atoms with E-state index in [1.165, 1.54) is 4.68 Å². The second kappa shape index (κ2) is 6.63. The van der Waals surface area contributed by atoms with Crippen LogP contribution in [0, 0.1) is 0 Å². The van der Waals surface area contributed by atoms with Gasteiger partial charge in [-0.2, -0.15) is 0 Å². The molecule has 1 aromatic heterocycles. The summed E-state index contributed by atoms with van der Waals surface area (Å²) in [4.78, 5) is 11.8. The van der Waals surface area contributed by atoms with E-state index in [0.717, 1.165) is 12.8 Å². The van der Waals surface area contributed by atoms with Crippen LogP contribution < -0.4 is 5.32 Å². The minimum Gasteiger partial charge on any atom is -0.387 e. The molecule has 0 radical (unpaired) electrons. The zero-order chi connectivity index (χ0) is 13.7. The van der Waals surface area contributed by atoms with Gasteiger partial charge in [0.25, 0.3) is 0 Å². The summed E-state index contributed by atoms with van der Waals surface area (Å²) in [5, 5.41) is 20.2. The van der Waals surface area contributed by atoms with Crippen LogP contribution >= 0.6 is 0 Å². The van der Waals surface area contributed by atoms with Gasteiger partial charge in [-0.15, -0.1) is 5.10 Å². The summed E-state index contributed by atoms with van der Waals surface area (Å²) in [6.45, 7) is 3.38. The summed E-state index contributed by atoms with van der Waals surface area (Å²) in [6, 6.07) is 0.186. The van der Waals surface area contributed by atoms with E-state index in [2.05, 4.69) is 15.6 Å². The molecular formula is C12H20N4O3. The van der Waals surface area contributed by atoms with Crippen LogP contribution in [0.15, 0.2) is 6.20 Å². The lowest BCUT2D eigenvalue weighted by atomic mass is 10.1. The first kappa shape index (κ1) is 14.0. The molecular weight excluding hydrogens is 248 g/mol. The summed E-state index contributed by atoms with van der Waals surface area (Å²) in [5.41, 5.74) is 0.501. The van der Waals surface area contributed by atoms with Crippen molar-refractivity contribution >= 4 is 5.91 Å². The number of rotatable bonds is 5. The second-order valence-corrected chi connectivity index (χ2v) is 4.72. The van der Waals surface area contributed by atoms with Crippen molar-refractivity contribution in [2.45, 2.75) is 44.9 Å². The van der Waals surface area contributed by atoms with Gasteiger partial charge in [0.15, 0.2) is 0 Å². The summed E-state index contributed by atoms with van der Waals surface area (Å²) in [5.74, 6) is -0.0886. The average molecular weight is 268 g/mol. The highest BCUT2D eigenvalue weighted by Crippen LogP contribution is 2.11. The van der Waals surface area contributed by atoms with E-state index in [0.29, 0.717) is 25.3 Å². The van der Waals surface area contributed by atoms with Gasteiger partial charge in [-0.05, 0) is 19.3 Å². The number of nitrogens with one attached hydrogen (secondary N) is 1. The maximum Gasteiger partial charge on any atom is 0.242 e. The largest absolute Gasteiger partial charge is 0.387 e. The molecule has 0 saturated carbocycles. The minimum atomic E-state index is -0.618. The van der Waals surface area contributed by atoms with Crippen LogP contribution in [0.2, 0.25) is 0 Å². The van der Waals surface area contributed by atoms with E-state index in [9.17, 15) is 9.90 Å². The van der Waals surface area contributed by atoms with Gasteiger partial charge in [0.1, 0.15) is 12.2 Å². The standard InChI is InChI=1S/C12H20N4O3/c1-2-11(17)10-7-16(15-14-10)8-12(18)13-9-3-5-19-6-4-9/h7,9,11,17H,2-6,8H2,1H3,(H,13,18). The molecule has 7 heteroatoms. The summed E-state index contributed by atoms with van der Waals surface area (Å²) in [7, 11) is 0. The molecule has 7 nitrogen and oxygen atoms in total. The number of aliphatic hydroxyl groups is 1. The van der Waals surface area contributed by atoms with Gasteiger partial charge >= 0.3 is 0 Å². The molecule has 0 spiro atoms. The topological polar surface area (TPSA) is 89.3 Å². The van der Waals surface area contributed by atoms with Crippen molar-refractivity contribution in [3.63, 3.8) is 0 Å². The fourth-order valence-electron chi connectivity index (χ4n) is 2.01. The molecule has 1 aliphatic rings. The average Bonchev–Trinajstić information content (AvgIpc) is 2.87. The lowest BCUT2D eigenvalue weighted by Crippen LogP contribution is -2.40. The highest BCUT2D eigenvalue weighted by Gasteiger charge is 2.17. The normalized spacial score (nSPS) is 18.2. The Morgan fingerprint density at radius 1 is 1.63 bits per heavy atom. The van der Waals surface area contributed by atoms with E-state index < -0.39 is 6.10 Å². The number of amides is 1. The molecule has 1 saturated heterocycles. The van der Waals surface area contributed by atoms with Crippen LogP contribution in [0.4, 0.5) is 0 Å². The molecule has 2 heterocycles. The molecule has 1 atom stereocenters. The molecule has 1 unspecified atom stereocenters. The van der Waals surface area contributed by atoms with E-state index in [-0.39, 0.29) is 18.5 Å². The Labute approximate surface area is 111 Å². The maximum absolute atomic E-state index is 11.8. The number of hydrogen-bond donors (Lipinski definition) is 2. The molecule has 1 aliphatic heterocycles. The maximum atomic E-state index is 11.8. The smallest absolute Gasteiger partial charge is 0.242 e.